The first-order valence-electron chi connectivity index (χ1n) is 8.29. The SMILES string of the molecule is O=C(CC1CCCC1)N1CCN(CCn2cccn2)CC1. The Balaban J connectivity index is 1.37. The molecule has 1 aliphatic carbocycles. The van der Waals surface area contributed by atoms with E-state index in [1.165, 1.54) is 25.7 Å². The summed E-state index contributed by atoms with van der Waals surface area (Å²) in [6, 6.07) is 1.96. The molecule has 116 valence electrons. The van der Waals surface area contributed by atoms with E-state index in [9.17, 15) is 4.79 Å². The summed E-state index contributed by atoms with van der Waals surface area (Å²) in [4.78, 5) is 16.8. The van der Waals surface area contributed by atoms with Gasteiger partial charge >= 0.3 is 0 Å². The Morgan fingerprint density at radius 2 is 1.86 bits per heavy atom. The average Bonchev–Trinajstić information content (AvgIpc) is 3.19. The molecule has 0 radical (unpaired) electrons. The molecule has 1 aromatic rings. The lowest BCUT2D eigenvalue weighted by Crippen LogP contribution is -2.49. The van der Waals surface area contributed by atoms with Crippen molar-refractivity contribution >= 4 is 5.91 Å². The Morgan fingerprint density at radius 1 is 1.10 bits per heavy atom. The standard InChI is InChI=1S/C16H26N4O/c21-16(14-15-4-1-2-5-15)19-11-8-18(9-12-19)10-13-20-7-3-6-17-20/h3,6-7,15H,1-2,4-5,8-14H2. The average molecular weight is 290 g/mol. The van der Waals surface area contributed by atoms with Crippen LogP contribution in [0.4, 0.5) is 0 Å². The van der Waals surface area contributed by atoms with Gasteiger partial charge in [-0.3, -0.25) is 14.4 Å². The zero-order valence-electron chi connectivity index (χ0n) is 12.8. The second-order valence-corrected chi connectivity index (χ2v) is 6.35. The quantitative estimate of drug-likeness (QED) is 0.827. The van der Waals surface area contributed by atoms with Gasteiger partial charge in [-0.25, -0.2) is 0 Å². The summed E-state index contributed by atoms with van der Waals surface area (Å²) < 4.78 is 1.97. The first-order valence-corrected chi connectivity index (χ1v) is 8.29. The molecule has 1 aliphatic heterocycles. The maximum Gasteiger partial charge on any atom is 0.222 e. The number of amides is 1. The Kier molecular flexibility index (Phi) is 4.91. The van der Waals surface area contributed by atoms with Crippen molar-refractivity contribution in [3.63, 3.8) is 0 Å². The van der Waals surface area contributed by atoms with Gasteiger partial charge in [0.1, 0.15) is 0 Å². The fourth-order valence-electron chi connectivity index (χ4n) is 3.49. The topological polar surface area (TPSA) is 41.4 Å². The molecule has 0 bridgehead atoms. The van der Waals surface area contributed by atoms with Crippen LogP contribution in [0.25, 0.3) is 0 Å². The van der Waals surface area contributed by atoms with E-state index in [1.807, 2.05) is 23.1 Å². The monoisotopic (exact) mass is 290 g/mol. The zero-order chi connectivity index (χ0) is 14.5. The maximum absolute atomic E-state index is 12.3. The maximum atomic E-state index is 12.3. The van der Waals surface area contributed by atoms with Crippen molar-refractivity contribution in [1.82, 2.24) is 19.6 Å². The predicted octanol–water partition coefficient (Wildman–Crippen LogP) is 1.61. The minimum Gasteiger partial charge on any atom is -0.340 e. The van der Waals surface area contributed by atoms with Gasteiger partial charge < -0.3 is 4.90 Å². The number of aromatic nitrogens is 2. The summed E-state index contributed by atoms with van der Waals surface area (Å²) in [7, 11) is 0. The van der Waals surface area contributed by atoms with E-state index in [4.69, 9.17) is 0 Å². The van der Waals surface area contributed by atoms with Crippen LogP contribution in [-0.2, 0) is 11.3 Å². The third-order valence-corrected chi connectivity index (χ3v) is 4.87. The second kappa shape index (κ2) is 7.07. The van der Waals surface area contributed by atoms with Gasteiger partial charge in [-0.15, -0.1) is 0 Å². The number of hydrogen-bond acceptors (Lipinski definition) is 3. The summed E-state index contributed by atoms with van der Waals surface area (Å²) in [5, 5.41) is 4.23. The lowest BCUT2D eigenvalue weighted by molar-refractivity contribution is -0.133. The molecule has 2 aliphatic rings. The molecule has 5 nitrogen and oxygen atoms in total. The highest BCUT2D eigenvalue weighted by atomic mass is 16.2. The van der Waals surface area contributed by atoms with Crippen LogP contribution >= 0.6 is 0 Å². The molecule has 2 heterocycles. The molecule has 0 atom stereocenters. The molecule has 3 rings (SSSR count). The molecule has 1 aromatic heterocycles. The molecule has 2 fully saturated rings. The van der Waals surface area contributed by atoms with Crippen LogP contribution in [0.5, 0.6) is 0 Å². The molecule has 1 amide bonds. The fourth-order valence-corrected chi connectivity index (χ4v) is 3.49. The molecule has 0 aromatic carbocycles. The van der Waals surface area contributed by atoms with Crippen molar-refractivity contribution in [2.75, 3.05) is 32.7 Å². The van der Waals surface area contributed by atoms with Gasteiger partial charge in [0.2, 0.25) is 5.91 Å². The van der Waals surface area contributed by atoms with Crippen LogP contribution in [0.3, 0.4) is 0 Å². The van der Waals surface area contributed by atoms with Crippen molar-refractivity contribution in [3.8, 4) is 0 Å². The van der Waals surface area contributed by atoms with Gasteiger partial charge in [-0.1, -0.05) is 12.8 Å². The van der Waals surface area contributed by atoms with E-state index in [1.54, 1.807) is 0 Å². The molecule has 1 saturated heterocycles. The van der Waals surface area contributed by atoms with E-state index < -0.39 is 0 Å². The van der Waals surface area contributed by atoms with E-state index in [-0.39, 0.29) is 0 Å². The molecule has 0 N–H and O–H groups in total. The van der Waals surface area contributed by atoms with Crippen LogP contribution in [0.15, 0.2) is 18.5 Å². The molecule has 1 saturated carbocycles. The molecular formula is C16H26N4O. The van der Waals surface area contributed by atoms with Gasteiger partial charge in [0.25, 0.3) is 0 Å². The smallest absolute Gasteiger partial charge is 0.222 e. The molecule has 21 heavy (non-hydrogen) atoms. The van der Waals surface area contributed by atoms with Gasteiger partial charge in [-0.2, -0.15) is 5.10 Å². The molecule has 5 heteroatoms. The number of carbonyl (C=O) groups excluding carboxylic acids is 1. The normalized spacial score (nSPS) is 21.0. The second-order valence-electron chi connectivity index (χ2n) is 6.35. The third kappa shape index (κ3) is 4.06. The van der Waals surface area contributed by atoms with Crippen LogP contribution in [0, 0.1) is 5.92 Å². The summed E-state index contributed by atoms with van der Waals surface area (Å²) in [6.45, 7) is 5.74. The van der Waals surface area contributed by atoms with Gasteiger partial charge in [0.05, 0.1) is 6.54 Å². The highest BCUT2D eigenvalue weighted by Gasteiger charge is 2.24. The largest absolute Gasteiger partial charge is 0.340 e. The van der Waals surface area contributed by atoms with E-state index in [2.05, 4.69) is 14.9 Å². The number of carbonyl (C=O) groups is 1. The molecular weight excluding hydrogens is 264 g/mol. The summed E-state index contributed by atoms with van der Waals surface area (Å²) >= 11 is 0. The van der Waals surface area contributed by atoms with Crippen LogP contribution < -0.4 is 0 Å². The van der Waals surface area contributed by atoms with Crippen LogP contribution in [0.1, 0.15) is 32.1 Å². The van der Waals surface area contributed by atoms with Gasteiger partial charge in [0.15, 0.2) is 0 Å². The first-order chi connectivity index (χ1) is 10.3. The molecule has 0 unspecified atom stereocenters. The van der Waals surface area contributed by atoms with Crippen molar-refractivity contribution < 1.29 is 4.79 Å². The van der Waals surface area contributed by atoms with Crippen molar-refractivity contribution in [3.05, 3.63) is 18.5 Å². The highest BCUT2D eigenvalue weighted by molar-refractivity contribution is 5.76. The Bertz CT molecular complexity index is 431. The van der Waals surface area contributed by atoms with E-state index in [0.717, 1.165) is 45.7 Å². The number of rotatable bonds is 5. The van der Waals surface area contributed by atoms with E-state index in [0.29, 0.717) is 11.8 Å². The van der Waals surface area contributed by atoms with Crippen molar-refractivity contribution in [2.45, 2.75) is 38.6 Å². The van der Waals surface area contributed by atoms with E-state index >= 15 is 0 Å². The van der Waals surface area contributed by atoms with Crippen molar-refractivity contribution in [2.24, 2.45) is 5.92 Å². The Labute approximate surface area is 126 Å². The molecule has 0 spiro atoms. The summed E-state index contributed by atoms with van der Waals surface area (Å²) in [6.07, 6.45) is 9.76. The summed E-state index contributed by atoms with van der Waals surface area (Å²) in [5.41, 5.74) is 0. The minimum absolute atomic E-state index is 0.383. The number of piperazine rings is 1. The zero-order valence-corrected chi connectivity index (χ0v) is 12.8. The Hall–Kier alpha value is -1.36. The number of hydrogen-bond donors (Lipinski definition) is 0. The predicted molar refractivity (Wildman–Crippen MR) is 81.8 cm³/mol. The first kappa shape index (κ1) is 14.6. The highest BCUT2D eigenvalue weighted by Crippen LogP contribution is 2.28. The van der Waals surface area contributed by atoms with Gasteiger partial charge in [-0.05, 0) is 24.8 Å². The lowest BCUT2D eigenvalue weighted by Gasteiger charge is -2.35. The fraction of sp³-hybridized carbons (Fsp3) is 0.750. The van der Waals surface area contributed by atoms with Crippen LogP contribution in [-0.4, -0.2) is 58.2 Å². The van der Waals surface area contributed by atoms with Gasteiger partial charge in [0, 0.05) is 51.5 Å². The number of nitrogens with zero attached hydrogens (tertiary/aromatic N) is 4. The minimum atomic E-state index is 0.383. The Morgan fingerprint density at radius 3 is 2.52 bits per heavy atom. The third-order valence-electron chi connectivity index (χ3n) is 4.87. The lowest BCUT2D eigenvalue weighted by atomic mass is 10.0. The van der Waals surface area contributed by atoms with Crippen molar-refractivity contribution in [1.29, 1.82) is 0 Å². The summed E-state index contributed by atoms with van der Waals surface area (Å²) in [5.74, 6) is 1.05. The van der Waals surface area contributed by atoms with Crippen LogP contribution in [0.2, 0.25) is 0 Å².